The van der Waals surface area contributed by atoms with Crippen molar-refractivity contribution in [1.29, 1.82) is 0 Å². The molecule has 4 heterocycles. The Kier molecular flexibility index (Phi) is 8.83. The predicted molar refractivity (Wildman–Crippen MR) is 158 cm³/mol. The SMILES string of the molecule is CC1CCN(S(=O)(=O)c2ccc3nc(-c4ccccn4)cc(C(=O)NCCCN4C[C@@H](C)C[C@H](C)C4)c3c2)CC1. The first kappa shape index (κ1) is 28.6. The number of benzene rings is 1. The van der Waals surface area contributed by atoms with Gasteiger partial charge in [-0.25, -0.2) is 13.4 Å². The molecule has 3 aromatic rings. The predicted octanol–water partition coefficient (Wildman–Crippen LogP) is 4.82. The molecule has 2 aliphatic rings. The number of hydrogen-bond donors (Lipinski definition) is 1. The smallest absolute Gasteiger partial charge is 0.252 e. The molecule has 1 N–H and O–H groups in total. The van der Waals surface area contributed by atoms with E-state index in [0.717, 1.165) is 38.9 Å². The first-order valence-corrected chi connectivity index (χ1v) is 16.0. The Morgan fingerprint density at radius 3 is 2.42 bits per heavy atom. The molecular formula is C31H41N5O3S. The summed E-state index contributed by atoms with van der Waals surface area (Å²) in [5, 5.41) is 3.61. The van der Waals surface area contributed by atoms with Gasteiger partial charge in [0.1, 0.15) is 0 Å². The number of pyridine rings is 2. The Morgan fingerprint density at radius 2 is 1.73 bits per heavy atom. The highest BCUT2D eigenvalue weighted by Crippen LogP contribution is 2.29. The highest BCUT2D eigenvalue weighted by Gasteiger charge is 2.29. The van der Waals surface area contributed by atoms with Crippen LogP contribution in [0.3, 0.4) is 0 Å². The zero-order valence-electron chi connectivity index (χ0n) is 23.8. The molecule has 214 valence electrons. The second-order valence-electron chi connectivity index (χ2n) is 11.9. The van der Waals surface area contributed by atoms with Gasteiger partial charge in [0.25, 0.3) is 5.91 Å². The molecule has 2 aromatic heterocycles. The number of rotatable bonds is 8. The Balaban J connectivity index is 1.40. The molecule has 2 atom stereocenters. The zero-order chi connectivity index (χ0) is 28.3. The number of hydrogen-bond acceptors (Lipinski definition) is 6. The lowest BCUT2D eigenvalue weighted by atomic mass is 9.92. The Hall–Kier alpha value is -2.88. The van der Waals surface area contributed by atoms with Gasteiger partial charge in [0.05, 0.1) is 27.4 Å². The van der Waals surface area contributed by atoms with Crippen molar-refractivity contribution in [3.8, 4) is 11.4 Å². The van der Waals surface area contributed by atoms with E-state index in [4.69, 9.17) is 4.98 Å². The maximum atomic E-state index is 13.6. The molecule has 40 heavy (non-hydrogen) atoms. The van der Waals surface area contributed by atoms with Gasteiger partial charge in [0.2, 0.25) is 10.0 Å². The van der Waals surface area contributed by atoms with E-state index >= 15 is 0 Å². The van der Waals surface area contributed by atoms with Crippen LogP contribution in [0.15, 0.2) is 53.6 Å². The average molecular weight is 564 g/mol. The molecule has 2 saturated heterocycles. The number of nitrogens with one attached hydrogen (secondary N) is 1. The van der Waals surface area contributed by atoms with Crippen LogP contribution in [0.2, 0.25) is 0 Å². The fraction of sp³-hybridized carbons (Fsp3) is 0.516. The highest BCUT2D eigenvalue weighted by atomic mass is 32.2. The lowest BCUT2D eigenvalue weighted by Crippen LogP contribution is -2.40. The van der Waals surface area contributed by atoms with Gasteiger partial charge in [-0.1, -0.05) is 26.8 Å². The van der Waals surface area contributed by atoms with Crippen LogP contribution in [0, 0.1) is 17.8 Å². The Bertz CT molecular complexity index is 1430. The molecule has 0 radical (unpaired) electrons. The quantitative estimate of drug-likeness (QED) is 0.395. The van der Waals surface area contributed by atoms with Crippen molar-refractivity contribution in [2.24, 2.45) is 17.8 Å². The molecule has 0 spiro atoms. The van der Waals surface area contributed by atoms with Crippen molar-refractivity contribution in [3.63, 3.8) is 0 Å². The van der Waals surface area contributed by atoms with Crippen LogP contribution in [0.5, 0.6) is 0 Å². The van der Waals surface area contributed by atoms with Crippen molar-refractivity contribution in [2.45, 2.75) is 51.3 Å². The third-order valence-corrected chi connectivity index (χ3v) is 10.1. The summed E-state index contributed by atoms with van der Waals surface area (Å²) in [4.78, 5) is 25.4. The Labute approximate surface area is 238 Å². The molecule has 9 heteroatoms. The fourth-order valence-electron chi connectivity index (χ4n) is 6.15. The summed E-state index contributed by atoms with van der Waals surface area (Å²) in [6.07, 6.45) is 5.53. The maximum absolute atomic E-state index is 13.6. The number of aromatic nitrogens is 2. The van der Waals surface area contributed by atoms with Crippen molar-refractivity contribution >= 4 is 26.8 Å². The molecule has 1 amide bonds. The maximum Gasteiger partial charge on any atom is 0.252 e. The summed E-state index contributed by atoms with van der Waals surface area (Å²) in [6.45, 7) is 11.5. The molecular weight excluding hydrogens is 522 g/mol. The van der Waals surface area contributed by atoms with Crippen LogP contribution in [-0.4, -0.2) is 72.8 Å². The lowest BCUT2D eigenvalue weighted by molar-refractivity contribution is 0.0949. The lowest BCUT2D eigenvalue weighted by Gasteiger charge is -2.34. The molecule has 0 aliphatic carbocycles. The summed E-state index contributed by atoms with van der Waals surface area (Å²) in [6, 6.07) is 12.2. The summed E-state index contributed by atoms with van der Waals surface area (Å²) in [5.74, 6) is 1.69. The third kappa shape index (κ3) is 6.53. The van der Waals surface area contributed by atoms with Crippen molar-refractivity contribution in [1.82, 2.24) is 24.5 Å². The average Bonchev–Trinajstić information content (AvgIpc) is 2.94. The van der Waals surface area contributed by atoms with E-state index in [1.54, 1.807) is 34.8 Å². The van der Waals surface area contributed by atoms with Gasteiger partial charge >= 0.3 is 0 Å². The largest absolute Gasteiger partial charge is 0.352 e. The first-order valence-electron chi connectivity index (χ1n) is 14.6. The van der Waals surface area contributed by atoms with Gasteiger partial charge < -0.3 is 10.2 Å². The zero-order valence-corrected chi connectivity index (χ0v) is 24.7. The molecule has 0 unspecified atom stereocenters. The summed E-state index contributed by atoms with van der Waals surface area (Å²) in [7, 11) is -3.67. The number of carbonyl (C=O) groups is 1. The van der Waals surface area contributed by atoms with E-state index in [1.807, 2.05) is 18.2 Å². The minimum Gasteiger partial charge on any atom is -0.352 e. The molecule has 0 saturated carbocycles. The van der Waals surface area contributed by atoms with Gasteiger partial charge in [-0.3, -0.25) is 9.78 Å². The van der Waals surface area contributed by atoms with Crippen LogP contribution >= 0.6 is 0 Å². The van der Waals surface area contributed by atoms with E-state index in [9.17, 15) is 13.2 Å². The van der Waals surface area contributed by atoms with Crippen LogP contribution < -0.4 is 5.32 Å². The minimum absolute atomic E-state index is 0.198. The fourth-order valence-corrected chi connectivity index (χ4v) is 7.64. The molecule has 0 bridgehead atoms. The van der Waals surface area contributed by atoms with E-state index in [-0.39, 0.29) is 10.8 Å². The van der Waals surface area contributed by atoms with Crippen molar-refractivity contribution in [3.05, 3.63) is 54.2 Å². The number of carbonyl (C=O) groups excluding carboxylic acids is 1. The van der Waals surface area contributed by atoms with Crippen LogP contribution in [-0.2, 0) is 10.0 Å². The van der Waals surface area contributed by atoms with Crippen LogP contribution in [0.25, 0.3) is 22.3 Å². The van der Waals surface area contributed by atoms with Gasteiger partial charge in [-0.2, -0.15) is 4.31 Å². The second kappa shape index (κ2) is 12.3. The van der Waals surface area contributed by atoms with Gasteiger partial charge in [-0.15, -0.1) is 0 Å². The van der Waals surface area contributed by atoms with Gasteiger partial charge in [0.15, 0.2) is 0 Å². The molecule has 8 nitrogen and oxygen atoms in total. The monoisotopic (exact) mass is 563 g/mol. The Morgan fingerprint density at radius 1 is 0.975 bits per heavy atom. The van der Waals surface area contributed by atoms with Gasteiger partial charge in [-0.05, 0) is 86.4 Å². The van der Waals surface area contributed by atoms with Crippen molar-refractivity contribution < 1.29 is 13.2 Å². The van der Waals surface area contributed by atoms with Gasteiger partial charge in [0, 0.05) is 44.3 Å². The van der Waals surface area contributed by atoms with E-state index in [2.05, 4.69) is 36.0 Å². The van der Waals surface area contributed by atoms with E-state index < -0.39 is 10.0 Å². The van der Waals surface area contributed by atoms with E-state index in [0.29, 0.717) is 65.2 Å². The number of likely N-dealkylation sites (tertiary alicyclic amines) is 1. The number of amides is 1. The topological polar surface area (TPSA) is 95.5 Å². The van der Waals surface area contributed by atoms with Crippen molar-refractivity contribution in [2.75, 3.05) is 39.3 Å². The third-order valence-electron chi connectivity index (χ3n) is 8.21. The number of piperidine rings is 2. The minimum atomic E-state index is -3.67. The summed E-state index contributed by atoms with van der Waals surface area (Å²) >= 11 is 0. The number of nitrogens with zero attached hydrogens (tertiary/aromatic N) is 4. The molecule has 2 aliphatic heterocycles. The highest BCUT2D eigenvalue weighted by molar-refractivity contribution is 7.89. The number of sulfonamides is 1. The number of fused-ring (bicyclic) bond motifs is 1. The second-order valence-corrected chi connectivity index (χ2v) is 13.8. The van der Waals surface area contributed by atoms with Crippen LogP contribution in [0.4, 0.5) is 0 Å². The molecule has 5 rings (SSSR count). The normalized spacial score (nSPS) is 21.5. The summed E-state index contributed by atoms with van der Waals surface area (Å²) in [5.41, 5.74) is 2.21. The molecule has 2 fully saturated rings. The van der Waals surface area contributed by atoms with Crippen LogP contribution in [0.1, 0.15) is 56.8 Å². The van der Waals surface area contributed by atoms with E-state index in [1.165, 1.54) is 6.42 Å². The molecule has 1 aromatic carbocycles. The first-order chi connectivity index (χ1) is 19.2. The summed E-state index contributed by atoms with van der Waals surface area (Å²) < 4.78 is 28.6. The standard InChI is InChI=1S/C31H41N5O3S/c1-22-10-15-36(16-11-22)40(38,39)25-8-9-28-26(18-25)27(19-30(34-28)29-7-4-5-12-32-29)31(37)33-13-6-14-35-20-23(2)17-24(3)21-35/h4-5,7-9,12,18-19,22-24H,6,10-11,13-17,20-21H2,1-3H3,(H,33,37)/t23-,24-/m0/s1.